The summed E-state index contributed by atoms with van der Waals surface area (Å²) >= 11 is 0. The van der Waals surface area contributed by atoms with E-state index in [-0.39, 0.29) is 18.4 Å². The molecule has 0 amide bonds. The second kappa shape index (κ2) is 9.77. The van der Waals surface area contributed by atoms with Crippen LogP contribution in [-0.2, 0) is 9.47 Å². The minimum Gasteiger partial charge on any atom is -0.491 e. The maximum Gasteiger partial charge on any atom is 0.176 e. The molecular formula is C17H29NO3. The Hall–Kier alpha value is -1.10. The molecule has 0 aliphatic carbocycles. The van der Waals surface area contributed by atoms with Gasteiger partial charge in [0.05, 0.1) is 12.1 Å². The van der Waals surface area contributed by atoms with Crippen LogP contribution in [0.2, 0.25) is 0 Å². The lowest BCUT2D eigenvalue weighted by atomic mass is 10.1. The van der Waals surface area contributed by atoms with E-state index in [1.165, 1.54) is 0 Å². The SMILES string of the molecule is CCNC(c1cccc(OC(C)C)c1)C(OCC)OCC. The molecule has 0 spiro atoms. The van der Waals surface area contributed by atoms with Gasteiger partial charge in [-0.2, -0.15) is 0 Å². The van der Waals surface area contributed by atoms with E-state index in [9.17, 15) is 0 Å². The maximum absolute atomic E-state index is 5.77. The van der Waals surface area contributed by atoms with Gasteiger partial charge in [0.2, 0.25) is 0 Å². The monoisotopic (exact) mass is 295 g/mol. The van der Waals surface area contributed by atoms with E-state index in [2.05, 4.69) is 24.4 Å². The molecule has 4 nitrogen and oxygen atoms in total. The maximum atomic E-state index is 5.77. The van der Waals surface area contributed by atoms with Gasteiger partial charge in [0, 0.05) is 13.2 Å². The molecule has 1 rings (SSSR count). The van der Waals surface area contributed by atoms with E-state index in [1.807, 2.05) is 39.8 Å². The predicted octanol–water partition coefficient (Wildman–Crippen LogP) is 3.52. The first-order valence-corrected chi connectivity index (χ1v) is 7.85. The van der Waals surface area contributed by atoms with Crippen molar-refractivity contribution in [2.45, 2.75) is 53.1 Å². The van der Waals surface area contributed by atoms with E-state index in [0.717, 1.165) is 17.9 Å². The lowest BCUT2D eigenvalue weighted by molar-refractivity contribution is -0.155. The van der Waals surface area contributed by atoms with Crippen molar-refractivity contribution in [1.82, 2.24) is 5.32 Å². The van der Waals surface area contributed by atoms with Gasteiger partial charge in [0.15, 0.2) is 6.29 Å². The first kappa shape index (κ1) is 18.0. The Labute approximate surface area is 128 Å². The Bertz CT molecular complexity index is 389. The van der Waals surface area contributed by atoms with Crippen molar-refractivity contribution in [1.29, 1.82) is 0 Å². The molecule has 21 heavy (non-hydrogen) atoms. The van der Waals surface area contributed by atoms with Gasteiger partial charge in [0.25, 0.3) is 0 Å². The molecule has 1 N–H and O–H groups in total. The van der Waals surface area contributed by atoms with Crippen LogP contribution in [-0.4, -0.2) is 32.2 Å². The highest BCUT2D eigenvalue weighted by Gasteiger charge is 2.23. The van der Waals surface area contributed by atoms with Gasteiger partial charge < -0.3 is 19.5 Å². The van der Waals surface area contributed by atoms with Crippen molar-refractivity contribution in [2.75, 3.05) is 19.8 Å². The molecule has 1 atom stereocenters. The van der Waals surface area contributed by atoms with Crippen LogP contribution in [0, 0.1) is 0 Å². The van der Waals surface area contributed by atoms with Crippen molar-refractivity contribution in [3.63, 3.8) is 0 Å². The van der Waals surface area contributed by atoms with Gasteiger partial charge in [0.1, 0.15) is 5.75 Å². The molecule has 0 saturated heterocycles. The first-order valence-electron chi connectivity index (χ1n) is 7.85. The molecule has 0 saturated carbocycles. The number of ether oxygens (including phenoxy) is 3. The van der Waals surface area contributed by atoms with Crippen molar-refractivity contribution < 1.29 is 14.2 Å². The number of hydrogen-bond donors (Lipinski definition) is 1. The topological polar surface area (TPSA) is 39.7 Å². The number of rotatable bonds is 10. The summed E-state index contributed by atoms with van der Waals surface area (Å²) in [6.45, 7) is 12.2. The number of benzene rings is 1. The van der Waals surface area contributed by atoms with Crippen LogP contribution in [0.4, 0.5) is 0 Å². The second-order valence-corrected chi connectivity index (χ2v) is 5.05. The minimum absolute atomic E-state index is 0.00869. The molecule has 0 heterocycles. The molecule has 1 aromatic carbocycles. The normalized spacial score (nSPS) is 12.9. The molecule has 0 aliphatic rings. The van der Waals surface area contributed by atoms with Crippen molar-refractivity contribution >= 4 is 0 Å². The summed E-state index contributed by atoms with van der Waals surface area (Å²) in [6, 6.07) is 8.10. The van der Waals surface area contributed by atoms with Crippen LogP contribution >= 0.6 is 0 Å². The van der Waals surface area contributed by atoms with E-state index in [0.29, 0.717) is 13.2 Å². The number of hydrogen-bond acceptors (Lipinski definition) is 4. The average Bonchev–Trinajstić information content (AvgIpc) is 2.44. The molecule has 0 bridgehead atoms. The van der Waals surface area contributed by atoms with Gasteiger partial charge >= 0.3 is 0 Å². The summed E-state index contributed by atoms with van der Waals surface area (Å²) in [5.74, 6) is 0.872. The average molecular weight is 295 g/mol. The summed E-state index contributed by atoms with van der Waals surface area (Å²) in [5, 5.41) is 3.44. The van der Waals surface area contributed by atoms with Gasteiger partial charge in [-0.05, 0) is 51.9 Å². The summed E-state index contributed by atoms with van der Waals surface area (Å²) < 4.78 is 17.3. The molecule has 0 fully saturated rings. The van der Waals surface area contributed by atoms with Crippen LogP contribution in [0.1, 0.15) is 46.2 Å². The largest absolute Gasteiger partial charge is 0.491 e. The molecular weight excluding hydrogens is 266 g/mol. The van der Waals surface area contributed by atoms with Gasteiger partial charge in [-0.1, -0.05) is 19.1 Å². The molecule has 0 aromatic heterocycles. The molecule has 1 aromatic rings. The van der Waals surface area contributed by atoms with Crippen LogP contribution in [0.25, 0.3) is 0 Å². The predicted molar refractivity (Wildman–Crippen MR) is 85.7 cm³/mol. The van der Waals surface area contributed by atoms with Crippen molar-refractivity contribution in [2.24, 2.45) is 0 Å². The zero-order valence-corrected chi connectivity index (χ0v) is 13.9. The molecule has 120 valence electrons. The molecule has 0 radical (unpaired) electrons. The third-order valence-electron chi connectivity index (χ3n) is 2.95. The highest BCUT2D eigenvalue weighted by Crippen LogP contribution is 2.25. The minimum atomic E-state index is -0.297. The standard InChI is InChI=1S/C17H29NO3/c1-6-18-16(17(19-7-2)20-8-3)14-10-9-11-15(12-14)21-13(4)5/h9-13,16-18H,6-8H2,1-5H3. The van der Waals surface area contributed by atoms with Crippen molar-refractivity contribution in [3.8, 4) is 5.75 Å². The van der Waals surface area contributed by atoms with E-state index in [1.54, 1.807) is 0 Å². The second-order valence-electron chi connectivity index (χ2n) is 5.05. The Morgan fingerprint density at radius 1 is 1.05 bits per heavy atom. The Morgan fingerprint density at radius 3 is 2.24 bits per heavy atom. The summed E-state index contributed by atoms with van der Waals surface area (Å²) in [5.41, 5.74) is 1.11. The molecule has 0 aliphatic heterocycles. The Balaban J connectivity index is 2.96. The quantitative estimate of drug-likeness (QED) is 0.670. The van der Waals surface area contributed by atoms with Crippen LogP contribution < -0.4 is 10.1 Å². The zero-order chi connectivity index (χ0) is 15.7. The lowest BCUT2D eigenvalue weighted by Gasteiger charge is -2.28. The fourth-order valence-corrected chi connectivity index (χ4v) is 2.21. The Morgan fingerprint density at radius 2 is 1.71 bits per heavy atom. The number of nitrogens with one attached hydrogen (secondary N) is 1. The van der Waals surface area contributed by atoms with Crippen LogP contribution in [0.3, 0.4) is 0 Å². The van der Waals surface area contributed by atoms with E-state index >= 15 is 0 Å². The zero-order valence-electron chi connectivity index (χ0n) is 13.9. The number of likely N-dealkylation sites (N-methyl/N-ethyl adjacent to an activating group) is 1. The van der Waals surface area contributed by atoms with E-state index in [4.69, 9.17) is 14.2 Å². The molecule has 1 unspecified atom stereocenters. The summed E-state index contributed by atoms with van der Waals surface area (Å²) in [7, 11) is 0. The lowest BCUT2D eigenvalue weighted by Crippen LogP contribution is -2.36. The van der Waals surface area contributed by atoms with Crippen LogP contribution in [0.15, 0.2) is 24.3 Å². The fraction of sp³-hybridized carbons (Fsp3) is 0.647. The summed E-state index contributed by atoms with van der Waals surface area (Å²) in [4.78, 5) is 0. The smallest absolute Gasteiger partial charge is 0.176 e. The van der Waals surface area contributed by atoms with E-state index < -0.39 is 0 Å². The third-order valence-corrected chi connectivity index (χ3v) is 2.95. The highest BCUT2D eigenvalue weighted by molar-refractivity contribution is 5.31. The van der Waals surface area contributed by atoms with Crippen molar-refractivity contribution in [3.05, 3.63) is 29.8 Å². The van der Waals surface area contributed by atoms with Gasteiger partial charge in [-0.3, -0.25) is 0 Å². The first-order chi connectivity index (χ1) is 10.1. The molecule has 4 heteroatoms. The fourth-order valence-electron chi connectivity index (χ4n) is 2.21. The third kappa shape index (κ3) is 6.04. The van der Waals surface area contributed by atoms with Gasteiger partial charge in [-0.25, -0.2) is 0 Å². The Kier molecular flexibility index (Phi) is 8.35. The summed E-state index contributed by atoms with van der Waals surface area (Å²) in [6.07, 6.45) is -0.137. The van der Waals surface area contributed by atoms with Crippen LogP contribution in [0.5, 0.6) is 5.75 Å². The highest BCUT2D eigenvalue weighted by atomic mass is 16.7. The van der Waals surface area contributed by atoms with Gasteiger partial charge in [-0.15, -0.1) is 0 Å².